The minimum absolute atomic E-state index is 0.0338. The molecule has 6 heteroatoms. The van der Waals surface area contributed by atoms with Crippen molar-refractivity contribution >= 4 is 15.8 Å². The van der Waals surface area contributed by atoms with Gasteiger partial charge in [0.2, 0.25) is 10.0 Å². The van der Waals surface area contributed by atoms with Crippen LogP contribution in [0.2, 0.25) is 0 Å². The number of nitrogens with zero attached hydrogens (tertiary/aromatic N) is 2. The van der Waals surface area contributed by atoms with Crippen molar-refractivity contribution in [3.63, 3.8) is 0 Å². The van der Waals surface area contributed by atoms with Crippen molar-refractivity contribution in [1.29, 1.82) is 5.26 Å². The second-order valence-corrected chi connectivity index (χ2v) is 7.31. The van der Waals surface area contributed by atoms with Crippen LogP contribution in [0.3, 0.4) is 0 Å². The third-order valence-corrected chi connectivity index (χ3v) is 5.91. The third-order valence-electron chi connectivity index (χ3n) is 3.88. The Morgan fingerprint density at radius 2 is 2.14 bits per heavy atom. The Kier molecular flexibility index (Phi) is 4.45. The summed E-state index contributed by atoms with van der Waals surface area (Å²) in [7, 11) is -3.61. The molecule has 0 N–H and O–H groups in total. The number of hydrogen-bond donors (Lipinski definition) is 0. The van der Waals surface area contributed by atoms with E-state index in [1.54, 1.807) is 13.0 Å². The van der Waals surface area contributed by atoms with Crippen molar-refractivity contribution in [2.24, 2.45) is 5.92 Å². The Labute approximate surface area is 125 Å². The van der Waals surface area contributed by atoms with Crippen molar-refractivity contribution < 1.29 is 13.2 Å². The van der Waals surface area contributed by atoms with Crippen molar-refractivity contribution in [2.75, 3.05) is 13.1 Å². The smallest absolute Gasteiger partial charge is 0.243 e. The number of carbonyl (C=O) groups excluding carboxylic acids is 1. The first kappa shape index (κ1) is 15.7. The summed E-state index contributed by atoms with van der Waals surface area (Å²) in [5.74, 6) is -0.182. The van der Waals surface area contributed by atoms with E-state index in [0.717, 1.165) is 6.42 Å². The van der Waals surface area contributed by atoms with Crippen molar-refractivity contribution in [3.05, 3.63) is 29.3 Å². The van der Waals surface area contributed by atoms with Crippen LogP contribution < -0.4 is 0 Å². The maximum absolute atomic E-state index is 12.7. The number of Topliss-reactive ketones (excluding diaryl/α,β-unsaturated/α-hetero) is 1. The number of sulfonamides is 1. The molecule has 0 spiro atoms. The molecule has 1 heterocycles. The Hall–Kier alpha value is -1.71. The van der Waals surface area contributed by atoms with Gasteiger partial charge in [-0.05, 0) is 50.5 Å². The monoisotopic (exact) mass is 306 g/mol. The van der Waals surface area contributed by atoms with Gasteiger partial charge in [-0.15, -0.1) is 0 Å². The molecule has 1 atom stereocenters. The SMILES string of the molecule is CC(=O)C1CCCN(S(=O)(=O)c2ccc(C#N)cc2C)C1. The van der Waals surface area contributed by atoms with Gasteiger partial charge in [0.1, 0.15) is 5.78 Å². The zero-order chi connectivity index (χ0) is 15.6. The first-order chi connectivity index (χ1) is 9.86. The number of ketones is 1. The zero-order valence-corrected chi connectivity index (χ0v) is 13.0. The highest BCUT2D eigenvalue weighted by molar-refractivity contribution is 7.89. The summed E-state index contributed by atoms with van der Waals surface area (Å²) in [6, 6.07) is 6.54. The minimum Gasteiger partial charge on any atom is -0.300 e. The van der Waals surface area contributed by atoms with Gasteiger partial charge in [-0.2, -0.15) is 9.57 Å². The van der Waals surface area contributed by atoms with E-state index in [0.29, 0.717) is 24.1 Å². The number of aryl methyl sites for hydroxylation is 1. The molecule has 1 aliphatic rings. The molecule has 0 saturated carbocycles. The lowest BCUT2D eigenvalue weighted by Gasteiger charge is -2.31. The molecule has 1 unspecified atom stereocenters. The molecule has 0 aliphatic carbocycles. The van der Waals surface area contributed by atoms with Crippen LogP contribution in [0.4, 0.5) is 0 Å². The summed E-state index contributed by atoms with van der Waals surface area (Å²) >= 11 is 0. The van der Waals surface area contributed by atoms with Crippen molar-refractivity contribution in [2.45, 2.75) is 31.6 Å². The third kappa shape index (κ3) is 3.14. The molecule has 0 radical (unpaired) electrons. The highest BCUT2D eigenvalue weighted by Gasteiger charge is 2.32. The lowest BCUT2D eigenvalue weighted by Crippen LogP contribution is -2.42. The van der Waals surface area contributed by atoms with E-state index < -0.39 is 10.0 Å². The van der Waals surface area contributed by atoms with Gasteiger partial charge in [0, 0.05) is 19.0 Å². The van der Waals surface area contributed by atoms with E-state index >= 15 is 0 Å². The van der Waals surface area contributed by atoms with Gasteiger partial charge in [0.25, 0.3) is 0 Å². The van der Waals surface area contributed by atoms with Gasteiger partial charge in [-0.25, -0.2) is 8.42 Å². The highest BCUT2D eigenvalue weighted by atomic mass is 32.2. The molecule has 0 aromatic heterocycles. The van der Waals surface area contributed by atoms with Crippen LogP contribution in [0.15, 0.2) is 23.1 Å². The predicted molar refractivity (Wildman–Crippen MR) is 78.1 cm³/mol. The first-order valence-corrected chi connectivity index (χ1v) is 8.31. The largest absolute Gasteiger partial charge is 0.300 e. The number of carbonyl (C=O) groups is 1. The number of piperidine rings is 1. The lowest BCUT2D eigenvalue weighted by atomic mass is 9.96. The highest BCUT2D eigenvalue weighted by Crippen LogP contribution is 2.26. The predicted octanol–water partition coefficient (Wildman–Crippen LogP) is 1.86. The molecule has 5 nitrogen and oxygen atoms in total. The Morgan fingerprint density at radius 1 is 1.43 bits per heavy atom. The van der Waals surface area contributed by atoms with E-state index in [4.69, 9.17) is 5.26 Å². The summed E-state index contributed by atoms with van der Waals surface area (Å²) in [6.45, 7) is 3.87. The molecule has 21 heavy (non-hydrogen) atoms. The van der Waals surface area contributed by atoms with Gasteiger partial charge in [-0.1, -0.05) is 0 Å². The van der Waals surface area contributed by atoms with E-state index in [2.05, 4.69) is 0 Å². The van der Waals surface area contributed by atoms with Gasteiger partial charge in [0.05, 0.1) is 16.5 Å². The van der Waals surface area contributed by atoms with E-state index in [-0.39, 0.29) is 23.1 Å². The summed E-state index contributed by atoms with van der Waals surface area (Å²) in [4.78, 5) is 11.7. The van der Waals surface area contributed by atoms with Gasteiger partial charge in [-0.3, -0.25) is 4.79 Å². The second-order valence-electron chi connectivity index (χ2n) is 5.40. The Morgan fingerprint density at radius 3 is 2.71 bits per heavy atom. The number of hydrogen-bond acceptors (Lipinski definition) is 4. The normalized spacial score (nSPS) is 20.0. The Bertz CT molecular complexity index is 704. The van der Waals surface area contributed by atoms with Crippen LogP contribution in [0, 0.1) is 24.2 Å². The second kappa shape index (κ2) is 5.96. The molecular weight excluding hydrogens is 288 g/mol. The summed E-state index contributed by atoms with van der Waals surface area (Å²) in [6.07, 6.45) is 1.44. The lowest BCUT2D eigenvalue weighted by molar-refractivity contribution is -0.121. The van der Waals surface area contributed by atoms with Gasteiger partial charge >= 0.3 is 0 Å². The standard InChI is InChI=1S/C15H18N2O3S/c1-11-8-13(9-16)5-6-15(11)21(19,20)17-7-3-4-14(10-17)12(2)18/h5-6,8,14H,3-4,7,10H2,1-2H3. The van der Waals surface area contributed by atoms with Crippen molar-refractivity contribution in [1.82, 2.24) is 4.31 Å². The van der Waals surface area contributed by atoms with Crippen LogP contribution in [0.5, 0.6) is 0 Å². The fraction of sp³-hybridized carbons (Fsp3) is 0.467. The average molecular weight is 306 g/mol. The molecule has 0 amide bonds. The minimum atomic E-state index is -3.61. The summed E-state index contributed by atoms with van der Waals surface area (Å²) in [5, 5.41) is 8.85. The zero-order valence-electron chi connectivity index (χ0n) is 12.2. The fourth-order valence-electron chi connectivity index (χ4n) is 2.64. The summed E-state index contributed by atoms with van der Waals surface area (Å²) in [5.41, 5.74) is 0.991. The number of nitriles is 1. The topological polar surface area (TPSA) is 78.2 Å². The summed E-state index contributed by atoms with van der Waals surface area (Å²) < 4.78 is 26.8. The number of rotatable bonds is 3. The first-order valence-electron chi connectivity index (χ1n) is 6.87. The molecule has 1 aromatic carbocycles. The van der Waals surface area contributed by atoms with Crippen molar-refractivity contribution in [3.8, 4) is 6.07 Å². The van der Waals surface area contributed by atoms with Crippen LogP contribution in [0.25, 0.3) is 0 Å². The molecule has 1 aromatic rings. The molecule has 112 valence electrons. The molecular formula is C15H18N2O3S. The van der Waals surface area contributed by atoms with Gasteiger partial charge in [0.15, 0.2) is 0 Å². The van der Waals surface area contributed by atoms with E-state index in [1.165, 1.54) is 23.4 Å². The molecule has 2 rings (SSSR count). The van der Waals surface area contributed by atoms with Crippen LogP contribution in [-0.2, 0) is 14.8 Å². The molecule has 1 fully saturated rings. The van der Waals surface area contributed by atoms with E-state index in [1.807, 2.05) is 6.07 Å². The maximum Gasteiger partial charge on any atom is 0.243 e. The maximum atomic E-state index is 12.7. The molecule has 1 aliphatic heterocycles. The number of benzene rings is 1. The Balaban J connectivity index is 2.34. The quantitative estimate of drug-likeness (QED) is 0.854. The van der Waals surface area contributed by atoms with Crippen LogP contribution >= 0.6 is 0 Å². The van der Waals surface area contributed by atoms with Gasteiger partial charge < -0.3 is 0 Å². The van der Waals surface area contributed by atoms with E-state index in [9.17, 15) is 13.2 Å². The van der Waals surface area contributed by atoms with Crippen LogP contribution in [-0.4, -0.2) is 31.6 Å². The molecule has 0 bridgehead atoms. The molecule has 1 saturated heterocycles. The average Bonchev–Trinajstić information content (AvgIpc) is 2.46. The van der Waals surface area contributed by atoms with Crippen LogP contribution in [0.1, 0.15) is 30.9 Å². The fourth-order valence-corrected chi connectivity index (χ4v) is 4.37.